The highest BCUT2D eigenvalue weighted by Gasteiger charge is 2.01. The van der Waals surface area contributed by atoms with Crippen LogP contribution in [0.15, 0.2) is 57.9 Å². The Hall–Kier alpha value is -1.06. The Kier molecular flexibility index (Phi) is 4.40. The van der Waals surface area contributed by atoms with Crippen molar-refractivity contribution in [2.75, 3.05) is 0 Å². The Labute approximate surface area is 113 Å². The highest BCUT2D eigenvalue weighted by atomic mass is 79.9. The molecular formula is C14H11BrOS. The molecule has 2 aromatic carbocycles. The average molecular weight is 307 g/mol. The summed E-state index contributed by atoms with van der Waals surface area (Å²) in [6, 6.07) is 16.1. The van der Waals surface area contributed by atoms with Gasteiger partial charge in [-0.25, -0.2) is 0 Å². The number of benzene rings is 2. The normalized spacial score (nSPS) is 10.2. The van der Waals surface area contributed by atoms with Gasteiger partial charge in [0, 0.05) is 20.7 Å². The molecule has 17 heavy (non-hydrogen) atoms. The lowest BCUT2D eigenvalue weighted by Gasteiger charge is -2.03. The van der Waals surface area contributed by atoms with E-state index in [1.165, 1.54) is 5.56 Å². The van der Waals surface area contributed by atoms with Crippen LogP contribution in [0.5, 0.6) is 0 Å². The third-order valence-corrected chi connectivity index (χ3v) is 4.10. The van der Waals surface area contributed by atoms with Gasteiger partial charge >= 0.3 is 0 Å². The molecule has 1 nitrogen and oxygen atoms in total. The maximum absolute atomic E-state index is 10.7. The number of aldehydes is 1. The molecule has 0 aliphatic heterocycles. The number of rotatable bonds is 4. The van der Waals surface area contributed by atoms with Crippen LogP contribution in [-0.2, 0) is 5.75 Å². The maximum Gasteiger partial charge on any atom is 0.151 e. The van der Waals surface area contributed by atoms with Crippen LogP contribution < -0.4 is 0 Å². The van der Waals surface area contributed by atoms with E-state index in [4.69, 9.17) is 0 Å². The van der Waals surface area contributed by atoms with Gasteiger partial charge in [-0.3, -0.25) is 4.79 Å². The van der Waals surface area contributed by atoms with Gasteiger partial charge in [-0.1, -0.05) is 46.3 Å². The van der Waals surface area contributed by atoms with E-state index in [9.17, 15) is 4.79 Å². The molecule has 0 heterocycles. The minimum absolute atomic E-state index is 0.689. The quantitative estimate of drug-likeness (QED) is 0.609. The molecular weight excluding hydrogens is 296 g/mol. The molecule has 0 bridgehead atoms. The number of carbonyl (C=O) groups is 1. The molecule has 0 saturated carbocycles. The molecule has 0 amide bonds. The third-order valence-electron chi connectivity index (χ3n) is 2.35. The van der Waals surface area contributed by atoms with Crippen molar-refractivity contribution < 1.29 is 4.79 Å². The molecule has 0 saturated heterocycles. The molecule has 0 aliphatic carbocycles. The molecule has 2 rings (SSSR count). The summed E-state index contributed by atoms with van der Waals surface area (Å²) in [7, 11) is 0. The molecule has 0 atom stereocenters. The predicted octanol–water partition coefficient (Wildman–Crippen LogP) is 4.55. The molecule has 86 valence electrons. The van der Waals surface area contributed by atoms with Crippen LogP contribution in [0.25, 0.3) is 0 Å². The van der Waals surface area contributed by atoms with Crippen LogP contribution in [0, 0.1) is 0 Å². The van der Waals surface area contributed by atoms with Gasteiger partial charge in [-0.2, -0.15) is 0 Å². The summed E-state index contributed by atoms with van der Waals surface area (Å²) < 4.78 is 0.852. The van der Waals surface area contributed by atoms with Crippen molar-refractivity contribution in [1.82, 2.24) is 0 Å². The highest BCUT2D eigenvalue weighted by molar-refractivity contribution is 9.10. The summed E-state index contributed by atoms with van der Waals surface area (Å²) in [5.74, 6) is 0.938. The fourth-order valence-electron chi connectivity index (χ4n) is 1.43. The first-order valence-corrected chi connectivity index (χ1v) is 6.99. The zero-order chi connectivity index (χ0) is 12.1. The van der Waals surface area contributed by atoms with E-state index in [1.807, 2.05) is 36.4 Å². The van der Waals surface area contributed by atoms with Crippen molar-refractivity contribution in [1.29, 1.82) is 0 Å². The average Bonchev–Trinajstić information content (AvgIpc) is 2.38. The van der Waals surface area contributed by atoms with Gasteiger partial charge in [0.2, 0.25) is 0 Å². The first-order valence-electron chi connectivity index (χ1n) is 5.21. The lowest BCUT2D eigenvalue weighted by molar-refractivity contribution is 0.112. The monoisotopic (exact) mass is 306 g/mol. The Morgan fingerprint density at radius 3 is 2.53 bits per heavy atom. The largest absolute Gasteiger partial charge is 0.298 e. The van der Waals surface area contributed by atoms with Crippen LogP contribution in [0.4, 0.5) is 0 Å². The summed E-state index contributed by atoms with van der Waals surface area (Å²) >= 11 is 5.15. The molecule has 0 radical (unpaired) electrons. The van der Waals surface area contributed by atoms with Gasteiger partial charge < -0.3 is 0 Å². The summed E-state index contributed by atoms with van der Waals surface area (Å²) in [4.78, 5) is 11.8. The van der Waals surface area contributed by atoms with Crippen LogP contribution >= 0.6 is 27.7 Å². The molecule has 2 aromatic rings. The van der Waals surface area contributed by atoms with E-state index in [0.717, 1.165) is 21.4 Å². The van der Waals surface area contributed by atoms with Crippen LogP contribution in [0.2, 0.25) is 0 Å². The predicted molar refractivity (Wildman–Crippen MR) is 75.5 cm³/mol. The first kappa shape index (κ1) is 12.4. The van der Waals surface area contributed by atoms with Crippen molar-refractivity contribution in [3.8, 4) is 0 Å². The minimum atomic E-state index is 0.689. The summed E-state index contributed by atoms with van der Waals surface area (Å²) in [6.07, 6.45) is 0.857. The lowest BCUT2D eigenvalue weighted by atomic mass is 10.2. The number of thioether (sulfide) groups is 1. The van der Waals surface area contributed by atoms with E-state index >= 15 is 0 Å². The van der Waals surface area contributed by atoms with Gasteiger partial charge in [-0.15, -0.1) is 11.8 Å². The van der Waals surface area contributed by atoms with Gasteiger partial charge in [0.05, 0.1) is 0 Å². The van der Waals surface area contributed by atoms with E-state index in [0.29, 0.717) is 5.56 Å². The van der Waals surface area contributed by atoms with Crippen LogP contribution in [0.3, 0.4) is 0 Å². The van der Waals surface area contributed by atoms with E-state index < -0.39 is 0 Å². The van der Waals surface area contributed by atoms with E-state index in [2.05, 4.69) is 28.1 Å². The topological polar surface area (TPSA) is 17.1 Å². The summed E-state index contributed by atoms with van der Waals surface area (Å²) in [6.45, 7) is 0. The lowest BCUT2D eigenvalue weighted by Crippen LogP contribution is -1.84. The van der Waals surface area contributed by atoms with Crippen molar-refractivity contribution in [2.24, 2.45) is 0 Å². The SMILES string of the molecule is O=Cc1ccc(SCc2ccccc2)cc1Br. The van der Waals surface area contributed by atoms with E-state index in [-0.39, 0.29) is 0 Å². The van der Waals surface area contributed by atoms with Crippen molar-refractivity contribution in [3.05, 3.63) is 64.1 Å². The fraction of sp³-hybridized carbons (Fsp3) is 0.0714. The Bertz CT molecular complexity index is 511. The van der Waals surface area contributed by atoms with Gasteiger partial charge in [0.25, 0.3) is 0 Å². The van der Waals surface area contributed by atoms with Crippen molar-refractivity contribution in [3.63, 3.8) is 0 Å². The molecule has 0 aromatic heterocycles. The first-order chi connectivity index (χ1) is 8.29. The Morgan fingerprint density at radius 2 is 1.88 bits per heavy atom. The van der Waals surface area contributed by atoms with Crippen LogP contribution in [-0.4, -0.2) is 6.29 Å². The molecule has 3 heteroatoms. The third kappa shape index (κ3) is 3.45. The fourth-order valence-corrected chi connectivity index (χ4v) is 2.95. The summed E-state index contributed by atoms with van der Waals surface area (Å²) in [5.41, 5.74) is 1.99. The van der Waals surface area contributed by atoms with Crippen molar-refractivity contribution >= 4 is 34.0 Å². The molecule has 0 aliphatic rings. The van der Waals surface area contributed by atoms with Gasteiger partial charge in [-0.05, 0) is 23.8 Å². The standard InChI is InChI=1S/C14H11BrOS/c15-14-8-13(7-6-12(14)9-16)17-10-11-4-2-1-3-5-11/h1-9H,10H2. The van der Waals surface area contributed by atoms with Crippen molar-refractivity contribution in [2.45, 2.75) is 10.6 Å². The molecule has 0 spiro atoms. The van der Waals surface area contributed by atoms with E-state index in [1.54, 1.807) is 11.8 Å². The Balaban J connectivity index is 2.05. The smallest absolute Gasteiger partial charge is 0.151 e. The molecule has 0 fully saturated rings. The second-order valence-electron chi connectivity index (χ2n) is 3.58. The zero-order valence-corrected chi connectivity index (χ0v) is 11.5. The zero-order valence-electron chi connectivity index (χ0n) is 9.10. The number of halogens is 1. The number of hydrogen-bond acceptors (Lipinski definition) is 2. The van der Waals surface area contributed by atoms with Gasteiger partial charge in [0.15, 0.2) is 6.29 Å². The second kappa shape index (κ2) is 6.03. The highest BCUT2D eigenvalue weighted by Crippen LogP contribution is 2.27. The number of carbonyl (C=O) groups excluding carboxylic acids is 1. The number of hydrogen-bond donors (Lipinski definition) is 0. The minimum Gasteiger partial charge on any atom is -0.298 e. The second-order valence-corrected chi connectivity index (χ2v) is 5.48. The maximum atomic E-state index is 10.7. The summed E-state index contributed by atoms with van der Waals surface area (Å²) in [5, 5.41) is 0. The van der Waals surface area contributed by atoms with Crippen LogP contribution in [0.1, 0.15) is 15.9 Å². The van der Waals surface area contributed by atoms with Gasteiger partial charge in [0.1, 0.15) is 0 Å². The Morgan fingerprint density at radius 1 is 1.12 bits per heavy atom. The molecule has 0 unspecified atom stereocenters. The molecule has 0 N–H and O–H groups in total.